The third kappa shape index (κ3) is 5.46. The first kappa shape index (κ1) is 25.0. The Labute approximate surface area is 199 Å². The molecule has 1 spiro atoms. The van der Waals surface area contributed by atoms with Crippen LogP contribution in [0.4, 0.5) is 4.79 Å². The van der Waals surface area contributed by atoms with Crippen LogP contribution in [0.15, 0.2) is 24.3 Å². The van der Waals surface area contributed by atoms with Crippen LogP contribution in [-0.4, -0.2) is 32.2 Å². The topological polar surface area (TPSA) is 95.9 Å². The van der Waals surface area contributed by atoms with E-state index in [0.29, 0.717) is 12.2 Å². The predicted octanol–water partition coefficient (Wildman–Crippen LogP) is 5.49. The van der Waals surface area contributed by atoms with E-state index in [2.05, 4.69) is 12.2 Å². The van der Waals surface area contributed by atoms with Crippen molar-refractivity contribution in [2.45, 2.75) is 77.6 Å². The van der Waals surface area contributed by atoms with Crippen LogP contribution in [0.5, 0.6) is 17.2 Å². The monoisotopic (exact) mass is 471 g/mol. The van der Waals surface area contributed by atoms with Gasteiger partial charge in [0.1, 0.15) is 22.8 Å². The number of nitrogens with one attached hydrogen (secondary N) is 1. The Morgan fingerprint density at radius 1 is 1.00 bits per heavy atom. The number of imide groups is 1. The highest BCUT2D eigenvalue weighted by Gasteiger charge is 2.48. The van der Waals surface area contributed by atoms with E-state index < -0.39 is 0 Å². The second-order valence-electron chi connectivity index (χ2n) is 8.57. The van der Waals surface area contributed by atoms with Crippen molar-refractivity contribution in [1.82, 2.24) is 5.32 Å². The Kier molecular flexibility index (Phi) is 7.62. The number of ether oxygens (including phenoxy) is 1. The molecular formula is C26H33NO5S. The van der Waals surface area contributed by atoms with Gasteiger partial charge in [-0.3, -0.25) is 14.9 Å². The molecule has 3 N–H and O–H groups in total. The number of hydrogen-bond acceptors (Lipinski definition) is 6. The fourth-order valence-electron chi connectivity index (χ4n) is 4.09. The van der Waals surface area contributed by atoms with Crippen LogP contribution >= 0.6 is 11.8 Å². The highest BCUT2D eigenvalue weighted by atomic mass is 32.2. The van der Waals surface area contributed by atoms with Gasteiger partial charge in [-0.15, -0.1) is 0 Å². The van der Waals surface area contributed by atoms with Gasteiger partial charge >= 0.3 is 0 Å². The number of phenolic OH excluding ortho intramolecular Hbond substituents is 2. The van der Waals surface area contributed by atoms with Crippen molar-refractivity contribution in [3.63, 3.8) is 0 Å². The average molecular weight is 472 g/mol. The zero-order valence-electron chi connectivity index (χ0n) is 19.9. The molecule has 0 radical (unpaired) electrons. The van der Waals surface area contributed by atoms with Crippen LogP contribution < -0.4 is 10.1 Å². The summed E-state index contributed by atoms with van der Waals surface area (Å²) in [6.45, 7) is 10.0. The molecule has 178 valence electrons. The lowest BCUT2D eigenvalue weighted by molar-refractivity contribution is -0.118. The van der Waals surface area contributed by atoms with Gasteiger partial charge in [-0.2, -0.15) is 0 Å². The van der Waals surface area contributed by atoms with Gasteiger partial charge in [0.15, 0.2) is 0 Å². The first-order chi connectivity index (χ1) is 15.7. The third-order valence-electron chi connectivity index (χ3n) is 6.42. The number of hydrogen-bond donors (Lipinski definition) is 3. The van der Waals surface area contributed by atoms with E-state index in [1.54, 1.807) is 24.3 Å². The summed E-state index contributed by atoms with van der Waals surface area (Å²) < 4.78 is 6.17. The number of amides is 2. The molecule has 0 bridgehead atoms. The van der Waals surface area contributed by atoms with E-state index in [9.17, 15) is 14.7 Å². The first-order valence-electron chi connectivity index (χ1n) is 11.5. The Bertz CT molecular complexity index is 1040. The molecule has 1 saturated heterocycles. The van der Waals surface area contributed by atoms with E-state index in [1.165, 1.54) is 18.4 Å². The minimum Gasteiger partial charge on any atom is -0.508 e. The van der Waals surface area contributed by atoms with Crippen molar-refractivity contribution in [3.8, 4) is 17.2 Å². The molecule has 2 heterocycles. The number of phenols is 2. The molecule has 2 amide bonds. The lowest BCUT2D eigenvalue weighted by atomic mass is 9.91. The summed E-state index contributed by atoms with van der Waals surface area (Å²) >= 11 is 1.01. The molecule has 1 aliphatic carbocycles. The Hall–Kier alpha value is -2.67. The molecule has 7 heteroatoms. The van der Waals surface area contributed by atoms with E-state index >= 15 is 0 Å². The summed E-state index contributed by atoms with van der Waals surface area (Å²) in [5.74, 6) is 1.46. The molecule has 2 aromatic rings. The van der Waals surface area contributed by atoms with E-state index in [1.807, 2.05) is 27.7 Å². The molecule has 1 saturated carbocycles. The second-order valence-corrected chi connectivity index (χ2v) is 9.75. The van der Waals surface area contributed by atoms with Crippen molar-refractivity contribution in [2.75, 3.05) is 0 Å². The highest BCUT2D eigenvalue weighted by molar-refractivity contribution is 8.15. The standard InChI is InChI=1S/C14H18O2.C10H9NO3S.C2H6/c1-8-9(2)13-11(10(3)12(8)15)4-5-14(16-13)6-7-14;12-7-3-1-6(2-4-7)5-8-9(13)11-10(14)15-8;1-2/h15H,4-7H2,1-3H3;1-4,8,12H,5H2,(H,11,13,14);1-2H3. The van der Waals surface area contributed by atoms with Gasteiger partial charge in [0.05, 0.1) is 5.25 Å². The summed E-state index contributed by atoms with van der Waals surface area (Å²) in [4.78, 5) is 22.2. The van der Waals surface area contributed by atoms with Crippen LogP contribution in [0.1, 0.15) is 60.9 Å². The van der Waals surface area contributed by atoms with Crippen LogP contribution in [0.25, 0.3) is 0 Å². The van der Waals surface area contributed by atoms with Crippen molar-refractivity contribution in [3.05, 3.63) is 52.1 Å². The van der Waals surface area contributed by atoms with Gasteiger partial charge in [0, 0.05) is 5.56 Å². The van der Waals surface area contributed by atoms with Gasteiger partial charge < -0.3 is 14.9 Å². The number of carbonyl (C=O) groups is 2. The zero-order valence-corrected chi connectivity index (χ0v) is 20.8. The van der Waals surface area contributed by atoms with Gasteiger partial charge in [-0.25, -0.2) is 0 Å². The minimum atomic E-state index is -0.345. The molecule has 6 nitrogen and oxygen atoms in total. The normalized spacial score (nSPS) is 19.4. The predicted molar refractivity (Wildman–Crippen MR) is 131 cm³/mol. The van der Waals surface area contributed by atoms with Gasteiger partial charge in [0.25, 0.3) is 5.24 Å². The SMILES string of the molecule is CC.Cc1c(C)c2c(c(C)c1O)CCC1(CC1)O2.O=C1NC(=O)C(Cc2ccc(O)cc2)S1. The second kappa shape index (κ2) is 10.1. The maximum atomic E-state index is 11.3. The largest absolute Gasteiger partial charge is 0.508 e. The number of fused-ring (bicyclic) bond motifs is 1. The fraction of sp³-hybridized carbons (Fsp3) is 0.462. The smallest absolute Gasteiger partial charge is 0.286 e. The molecule has 1 unspecified atom stereocenters. The van der Waals surface area contributed by atoms with Gasteiger partial charge in [-0.1, -0.05) is 37.7 Å². The number of thioether (sulfide) groups is 1. The van der Waals surface area contributed by atoms with Gasteiger partial charge in [-0.05, 0) is 87.3 Å². The summed E-state index contributed by atoms with van der Waals surface area (Å²) in [6, 6.07) is 6.61. The van der Waals surface area contributed by atoms with Gasteiger partial charge in [0.2, 0.25) is 5.91 Å². The molecule has 3 aliphatic rings. The first-order valence-corrected chi connectivity index (χ1v) is 12.4. The molecule has 2 aliphatic heterocycles. The van der Waals surface area contributed by atoms with Crippen LogP contribution in [-0.2, 0) is 17.6 Å². The lowest BCUT2D eigenvalue weighted by Gasteiger charge is -2.30. The van der Waals surface area contributed by atoms with Crippen molar-refractivity contribution in [2.24, 2.45) is 0 Å². The molecule has 2 aromatic carbocycles. The number of carbonyl (C=O) groups excluding carboxylic acids is 2. The van der Waals surface area contributed by atoms with E-state index in [4.69, 9.17) is 9.84 Å². The summed E-state index contributed by atoms with van der Waals surface area (Å²) in [7, 11) is 0. The van der Waals surface area contributed by atoms with Crippen LogP contribution in [0, 0.1) is 20.8 Å². The number of aromatic hydroxyl groups is 2. The fourth-order valence-corrected chi connectivity index (χ4v) is 4.95. The lowest BCUT2D eigenvalue weighted by Crippen LogP contribution is -2.25. The number of rotatable bonds is 2. The molecular weight excluding hydrogens is 438 g/mol. The van der Waals surface area contributed by atoms with Crippen LogP contribution in [0.3, 0.4) is 0 Å². The maximum absolute atomic E-state index is 11.3. The molecule has 33 heavy (non-hydrogen) atoms. The molecule has 0 aromatic heterocycles. The Balaban J connectivity index is 0.000000173. The summed E-state index contributed by atoms with van der Waals surface area (Å²) in [5, 5.41) is 20.7. The van der Waals surface area contributed by atoms with E-state index in [0.717, 1.165) is 52.6 Å². The molecule has 5 rings (SSSR count). The Morgan fingerprint density at radius 2 is 1.64 bits per heavy atom. The zero-order chi connectivity index (χ0) is 24.3. The van der Waals surface area contributed by atoms with E-state index in [-0.39, 0.29) is 27.7 Å². The third-order valence-corrected chi connectivity index (χ3v) is 7.40. The van der Waals surface area contributed by atoms with Crippen molar-refractivity contribution < 1.29 is 24.5 Å². The average Bonchev–Trinajstić information content (AvgIpc) is 3.48. The minimum absolute atomic E-state index is 0.160. The number of benzene rings is 2. The molecule has 2 fully saturated rings. The van der Waals surface area contributed by atoms with Crippen molar-refractivity contribution in [1.29, 1.82) is 0 Å². The quantitative estimate of drug-likeness (QED) is 0.536. The van der Waals surface area contributed by atoms with Crippen LogP contribution in [0.2, 0.25) is 0 Å². The molecule has 1 atom stereocenters. The Morgan fingerprint density at radius 3 is 2.18 bits per heavy atom. The maximum Gasteiger partial charge on any atom is 0.286 e. The summed E-state index contributed by atoms with van der Waals surface area (Å²) in [5.41, 5.74) is 5.40. The highest BCUT2D eigenvalue weighted by Crippen LogP contribution is 2.51. The van der Waals surface area contributed by atoms with Crippen molar-refractivity contribution >= 4 is 22.9 Å². The summed E-state index contributed by atoms with van der Waals surface area (Å²) in [6.07, 6.45) is 5.07.